The second-order valence-electron chi connectivity index (χ2n) is 4.85. The van der Waals surface area contributed by atoms with Crippen molar-refractivity contribution < 1.29 is 0 Å². The summed E-state index contributed by atoms with van der Waals surface area (Å²) in [7, 11) is 0. The molecule has 0 atom stereocenters. The van der Waals surface area contributed by atoms with Crippen LogP contribution in [0.15, 0.2) is 35.1 Å². The summed E-state index contributed by atoms with van der Waals surface area (Å²) in [6, 6.07) is 8.91. The van der Waals surface area contributed by atoms with Gasteiger partial charge in [-0.1, -0.05) is 23.2 Å². The van der Waals surface area contributed by atoms with E-state index in [1.54, 1.807) is 6.07 Å². The summed E-state index contributed by atoms with van der Waals surface area (Å²) in [5, 5.41) is 7.65. The number of nitrogens with one attached hydrogen (secondary N) is 1. The Bertz CT molecular complexity index is 675. The zero-order valence-corrected chi connectivity index (χ0v) is 12.7. The lowest BCUT2D eigenvalue weighted by Gasteiger charge is -2.36. The van der Waals surface area contributed by atoms with Crippen molar-refractivity contribution in [2.24, 2.45) is 0 Å². The molecule has 0 aliphatic carbocycles. The van der Waals surface area contributed by atoms with Crippen LogP contribution in [-0.2, 0) is 0 Å². The van der Waals surface area contributed by atoms with E-state index < -0.39 is 0 Å². The van der Waals surface area contributed by atoms with E-state index >= 15 is 0 Å². The van der Waals surface area contributed by atoms with E-state index in [1.165, 1.54) is 6.07 Å². The van der Waals surface area contributed by atoms with E-state index in [2.05, 4.69) is 20.0 Å². The average molecular weight is 325 g/mol. The Labute approximate surface area is 132 Å². The zero-order chi connectivity index (χ0) is 14.8. The van der Waals surface area contributed by atoms with Crippen molar-refractivity contribution in [3.05, 3.63) is 50.7 Å². The molecule has 2 aromatic rings. The molecule has 3 rings (SSSR count). The lowest BCUT2D eigenvalue weighted by molar-refractivity contribution is 0.643. The van der Waals surface area contributed by atoms with Crippen LogP contribution in [0, 0.1) is 0 Å². The second-order valence-corrected chi connectivity index (χ2v) is 5.67. The van der Waals surface area contributed by atoms with Gasteiger partial charge in [0.2, 0.25) is 0 Å². The van der Waals surface area contributed by atoms with Crippen molar-refractivity contribution in [1.82, 2.24) is 10.2 Å². The minimum absolute atomic E-state index is 0.187. The van der Waals surface area contributed by atoms with E-state index in [0.717, 1.165) is 37.7 Å². The molecule has 0 amide bonds. The highest BCUT2D eigenvalue weighted by Crippen LogP contribution is 2.28. The van der Waals surface area contributed by atoms with Gasteiger partial charge in [0.1, 0.15) is 5.82 Å². The first-order valence-corrected chi connectivity index (χ1v) is 7.40. The number of aromatic amines is 1. The molecule has 7 heteroatoms. The Morgan fingerprint density at radius 2 is 1.67 bits per heavy atom. The van der Waals surface area contributed by atoms with E-state index in [0.29, 0.717) is 10.0 Å². The molecular formula is C14H14Cl2N4O. The number of nitrogens with zero attached hydrogens (tertiary/aromatic N) is 3. The highest BCUT2D eigenvalue weighted by atomic mass is 35.5. The maximum absolute atomic E-state index is 11.0. The summed E-state index contributed by atoms with van der Waals surface area (Å²) in [6.07, 6.45) is 0. The number of hydrogen-bond acceptors (Lipinski definition) is 4. The van der Waals surface area contributed by atoms with Gasteiger partial charge in [-0.3, -0.25) is 4.79 Å². The quantitative estimate of drug-likeness (QED) is 0.921. The molecule has 1 aliphatic rings. The fourth-order valence-electron chi connectivity index (χ4n) is 2.39. The Kier molecular flexibility index (Phi) is 4.03. The normalized spacial score (nSPS) is 15.3. The van der Waals surface area contributed by atoms with Gasteiger partial charge < -0.3 is 9.80 Å². The fraction of sp³-hybridized carbons (Fsp3) is 0.286. The number of benzene rings is 1. The monoisotopic (exact) mass is 324 g/mol. The van der Waals surface area contributed by atoms with Gasteiger partial charge in [-0.15, -0.1) is 0 Å². The number of aromatic nitrogens is 2. The predicted molar refractivity (Wildman–Crippen MR) is 85.7 cm³/mol. The average Bonchev–Trinajstić information content (AvgIpc) is 2.51. The van der Waals surface area contributed by atoms with Crippen molar-refractivity contribution >= 4 is 34.7 Å². The van der Waals surface area contributed by atoms with Crippen LogP contribution in [0.25, 0.3) is 0 Å². The predicted octanol–water partition coefficient (Wildman–Crippen LogP) is 2.40. The standard InChI is InChI=1S/C14H14Cl2N4O/c15-11-2-1-10(9-12(11)16)19-5-7-20(8-6-19)13-3-4-14(21)18-17-13/h1-4,9H,5-8H2,(H,18,21). The number of hydrogen-bond donors (Lipinski definition) is 1. The van der Waals surface area contributed by atoms with Crippen LogP contribution in [0.5, 0.6) is 0 Å². The lowest BCUT2D eigenvalue weighted by Crippen LogP contribution is -2.47. The van der Waals surface area contributed by atoms with E-state index in [9.17, 15) is 4.79 Å². The van der Waals surface area contributed by atoms with Crippen LogP contribution in [0.4, 0.5) is 11.5 Å². The number of anilines is 2. The topological polar surface area (TPSA) is 52.2 Å². The molecule has 1 aromatic carbocycles. The molecule has 1 N–H and O–H groups in total. The Morgan fingerprint density at radius 1 is 0.952 bits per heavy atom. The van der Waals surface area contributed by atoms with Crippen molar-refractivity contribution in [3.8, 4) is 0 Å². The highest BCUT2D eigenvalue weighted by molar-refractivity contribution is 6.42. The lowest BCUT2D eigenvalue weighted by atomic mass is 10.2. The Hall–Kier alpha value is -1.72. The summed E-state index contributed by atoms with van der Waals surface area (Å²) >= 11 is 12.0. The molecule has 110 valence electrons. The minimum atomic E-state index is -0.187. The summed E-state index contributed by atoms with van der Waals surface area (Å²) in [5.74, 6) is 0.795. The fourth-order valence-corrected chi connectivity index (χ4v) is 2.68. The maximum atomic E-state index is 11.0. The van der Waals surface area contributed by atoms with E-state index in [4.69, 9.17) is 23.2 Å². The third-order valence-corrected chi connectivity index (χ3v) is 4.28. The van der Waals surface area contributed by atoms with Crippen molar-refractivity contribution in [2.75, 3.05) is 36.0 Å². The molecule has 0 bridgehead atoms. The van der Waals surface area contributed by atoms with E-state index in [-0.39, 0.29) is 5.56 Å². The van der Waals surface area contributed by atoms with Crippen LogP contribution in [0.1, 0.15) is 0 Å². The molecule has 0 spiro atoms. The van der Waals surface area contributed by atoms with Gasteiger partial charge in [0, 0.05) is 37.9 Å². The summed E-state index contributed by atoms with van der Waals surface area (Å²) in [4.78, 5) is 15.4. The molecule has 21 heavy (non-hydrogen) atoms. The van der Waals surface area contributed by atoms with Crippen molar-refractivity contribution in [3.63, 3.8) is 0 Å². The second kappa shape index (κ2) is 5.95. The van der Waals surface area contributed by atoms with Gasteiger partial charge in [0.25, 0.3) is 5.56 Å². The summed E-state index contributed by atoms with van der Waals surface area (Å²) in [5.41, 5.74) is 0.881. The molecule has 0 unspecified atom stereocenters. The maximum Gasteiger partial charge on any atom is 0.264 e. The Morgan fingerprint density at radius 3 is 2.29 bits per heavy atom. The molecule has 0 radical (unpaired) electrons. The summed E-state index contributed by atoms with van der Waals surface area (Å²) in [6.45, 7) is 3.39. The van der Waals surface area contributed by atoms with Gasteiger partial charge in [-0.2, -0.15) is 5.10 Å². The van der Waals surface area contributed by atoms with Gasteiger partial charge >= 0.3 is 0 Å². The molecule has 0 saturated carbocycles. The number of halogens is 2. The van der Waals surface area contributed by atoms with Crippen molar-refractivity contribution in [2.45, 2.75) is 0 Å². The van der Waals surface area contributed by atoms with Gasteiger partial charge in [0.05, 0.1) is 10.0 Å². The Balaban J connectivity index is 1.68. The molecule has 1 fully saturated rings. The smallest absolute Gasteiger partial charge is 0.264 e. The first-order chi connectivity index (χ1) is 10.1. The van der Waals surface area contributed by atoms with Crippen LogP contribution >= 0.6 is 23.2 Å². The van der Waals surface area contributed by atoms with Crippen LogP contribution in [0.3, 0.4) is 0 Å². The van der Waals surface area contributed by atoms with Crippen LogP contribution in [-0.4, -0.2) is 36.4 Å². The largest absolute Gasteiger partial charge is 0.368 e. The van der Waals surface area contributed by atoms with Gasteiger partial charge in [-0.05, 0) is 24.3 Å². The summed E-state index contributed by atoms with van der Waals surface area (Å²) < 4.78 is 0. The zero-order valence-electron chi connectivity index (χ0n) is 11.2. The number of rotatable bonds is 2. The highest BCUT2D eigenvalue weighted by Gasteiger charge is 2.18. The van der Waals surface area contributed by atoms with Crippen LogP contribution < -0.4 is 15.4 Å². The third kappa shape index (κ3) is 3.14. The third-order valence-electron chi connectivity index (χ3n) is 3.54. The minimum Gasteiger partial charge on any atom is -0.368 e. The van der Waals surface area contributed by atoms with Crippen molar-refractivity contribution in [1.29, 1.82) is 0 Å². The van der Waals surface area contributed by atoms with E-state index in [1.807, 2.05) is 18.2 Å². The molecule has 1 aliphatic heterocycles. The number of H-pyrrole nitrogens is 1. The SMILES string of the molecule is O=c1ccc(N2CCN(c3ccc(Cl)c(Cl)c3)CC2)n[nH]1. The van der Waals surface area contributed by atoms with Crippen LogP contribution in [0.2, 0.25) is 10.0 Å². The molecule has 1 saturated heterocycles. The first kappa shape index (κ1) is 14.2. The molecule has 5 nitrogen and oxygen atoms in total. The molecule has 2 heterocycles. The first-order valence-electron chi connectivity index (χ1n) is 6.64. The number of piperazine rings is 1. The molecule has 1 aromatic heterocycles. The van der Waals surface area contributed by atoms with Gasteiger partial charge in [0.15, 0.2) is 0 Å². The van der Waals surface area contributed by atoms with Gasteiger partial charge in [-0.25, -0.2) is 5.10 Å². The molecular weight excluding hydrogens is 311 g/mol.